The monoisotopic (exact) mass is 390 g/mol. The normalized spacial score (nSPS) is 15.1. The molecule has 2 aromatic carbocycles. The standard InChI is InChI=1S/C23H26N4O2/c1-16-14-22(27-17(2)15-18-6-4-5-7-21(18)27)26-23(25-16)24-12-13-29-20-10-8-19(28-3)9-11-20/h4-11,14,17H,12-13,15H2,1-3H3,(H,24,25,26). The number of ether oxygens (including phenoxy) is 2. The number of aromatic nitrogens is 2. The van der Waals surface area contributed by atoms with Gasteiger partial charge in [-0.2, -0.15) is 4.98 Å². The summed E-state index contributed by atoms with van der Waals surface area (Å²) in [4.78, 5) is 11.6. The lowest BCUT2D eigenvalue weighted by molar-refractivity contribution is 0.331. The second kappa shape index (κ2) is 8.39. The number of anilines is 3. The Kier molecular flexibility index (Phi) is 5.51. The Bertz CT molecular complexity index is 975. The van der Waals surface area contributed by atoms with Gasteiger partial charge in [0.05, 0.1) is 13.7 Å². The highest BCUT2D eigenvalue weighted by Crippen LogP contribution is 2.37. The van der Waals surface area contributed by atoms with E-state index in [-0.39, 0.29) is 0 Å². The molecular formula is C23H26N4O2. The van der Waals surface area contributed by atoms with Crippen LogP contribution in [0.1, 0.15) is 18.2 Å². The van der Waals surface area contributed by atoms with Gasteiger partial charge in [0, 0.05) is 23.5 Å². The van der Waals surface area contributed by atoms with Crippen LogP contribution in [0, 0.1) is 6.92 Å². The van der Waals surface area contributed by atoms with Crippen molar-refractivity contribution in [3.8, 4) is 11.5 Å². The molecule has 0 fully saturated rings. The quantitative estimate of drug-likeness (QED) is 0.605. The van der Waals surface area contributed by atoms with Gasteiger partial charge >= 0.3 is 0 Å². The van der Waals surface area contributed by atoms with E-state index in [9.17, 15) is 0 Å². The van der Waals surface area contributed by atoms with E-state index >= 15 is 0 Å². The predicted molar refractivity (Wildman–Crippen MR) is 115 cm³/mol. The van der Waals surface area contributed by atoms with E-state index in [1.54, 1.807) is 7.11 Å². The number of aryl methyl sites for hydroxylation is 1. The van der Waals surface area contributed by atoms with Gasteiger partial charge < -0.3 is 19.7 Å². The van der Waals surface area contributed by atoms with Crippen LogP contribution in [-0.4, -0.2) is 36.3 Å². The molecule has 0 spiro atoms. The van der Waals surface area contributed by atoms with Crippen LogP contribution < -0.4 is 19.7 Å². The van der Waals surface area contributed by atoms with Crippen molar-refractivity contribution in [2.45, 2.75) is 26.3 Å². The van der Waals surface area contributed by atoms with E-state index in [1.807, 2.05) is 37.3 Å². The Morgan fingerprint density at radius 2 is 1.83 bits per heavy atom. The maximum absolute atomic E-state index is 5.77. The van der Waals surface area contributed by atoms with Crippen LogP contribution in [0.25, 0.3) is 0 Å². The molecular weight excluding hydrogens is 364 g/mol. The lowest BCUT2D eigenvalue weighted by Gasteiger charge is -2.24. The molecule has 0 amide bonds. The molecule has 1 atom stereocenters. The summed E-state index contributed by atoms with van der Waals surface area (Å²) in [5.41, 5.74) is 3.52. The molecule has 6 heteroatoms. The molecule has 4 rings (SSSR count). The van der Waals surface area contributed by atoms with Crippen LogP contribution in [0.5, 0.6) is 11.5 Å². The number of benzene rings is 2. The summed E-state index contributed by atoms with van der Waals surface area (Å²) in [5, 5.41) is 3.28. The highest BCUT2D eigenvalue weighted by Gasteiger charge is 2.28. The van der Waals surface area contributed by atoms with Crippen LogP contribution in [0.3, 0.4) is 0 Å². The molecule has 150 valence electrons. The average molecular weight is 390 g/mol. The van der Waals surface area contributed by atoms with Crippen molar-refractivity contribution in [3.63, 3.8) is 0 Å². The molecule has 1 unspecified atom stereocenters. The summed E-state index contributed by atoms with van der Waals surface area (Å²) < 4.78 is 10.9. The molecule has 0 aliphatic carbocycles. The van der Waals surface area contributed by atoms with Crippen LogP contribution in [-0.2, 0) is 6.42 Å². The number of para-hydroxylation sites is 1. The summed E-state index contributed by atoms with van der Waals surface area (Å²) in [6.07, 6.45) is 1.03. The Labute approximate surface area is 171 Å². The lowest BCUT2D eigenvalue weighted by atomic mass is 10.1. The zero-order valence-electron chi connectivity index (χ0n) is 17.1. The van der Waals surface area contributed by atoms with Crippen molar-refractivity contribution in [2.24, 2.45) is 0 Å². The van der Waals surface area contributed by atoms with Crippen molar-refractivity contribution in [1.29, 1.82) is 0 Å². The summed E-state index contributed by atoms with van der Waals surface area (Å²) in [6, 6.07) is 18.5. The topological polar surface area (TPSA) is 59.5 Å². The van der Waals surface area contributed by atoms with Crippen molar-refractivity contribution in [3.05, 3.63) is 65.9 Å². The lowest BCUT2D eigenvalue weighted by Crippen LogP contribution is -2.25. The van der Waals surface area contributed by atoms with E-state index in [1.165, 1.54) is 11.3 Å². The molecule has 1 aliphatic heterocycles. The number of nitrogens with one attached hydrogen (secondary N) is 1. The maximum Gasteiger partial charge on any atom is 0.224 e. The third-order valence-electron chi connectivity index (χ3n) is 5.01. The number of fused-ring (bicyclic) bond motifs is 1. The summed E-state index contributed by atoms with van der Waals surface area (Å²) in [7, 11) is 1.65. The molecule has 1 aliphatic rings. The average Bonchev–Trinajstić information content (AvgIpc) is 3.07. The summed E-state index contributed by atoms with van der Waals surface area (Å²) in [6.45, 7) is 5.35. The van der Waals surface area contributed by atoms with Crippen molar-refractivity contribution in [2.75, 3.05) is 30.5 Å². The van der Waals surface area contributed by atoms with E-state index in [0.717, 1.165) is 29.4 Å². The Morgan fingerprint density at radius 1 is 1.07 bits per heavy atom. The molecule has 0 radical (unpaired) electrons. The minimum Gasteiger partial charge on any atom is -0.497 e. The smallest absolute Gasteiger partial charge is 0.224 e. The third kappa shape index (κ3) is 4.26. The Balaban J connectivity index is 1.41. The van der Waals surface area contributed by atoms with Crippen LogP contribution >= 0.6 is 0 Å². The van der Waals surface area contributed by atoms with Crippen molar-refractivity contribution >= 4 is 17.5 Å². The van der Waals surface area contributed by atoms with E-state index in [2.05, 4.69) is 46.4 Å². The van der Waals surface area contributed by atoms with Crippen LogP contribution in [0.4, 0.5) is 17.5 Å². The number of methoxy groups -OCH3 is 1. The molecule has 0 bridgehead atoms. The van der Waals surface area contributed by atoms with Gasteiger partial charge in [-0.15, -0.1) is 0 Å². The first-order valence-electron chi connectivity index (χ1n) is 9.87. The Morgan fingerprint density at radius 3 is 2.62 bits per heavy atom. The van der Waals surface area contributed by atoms with E-state index in [4.69, 9.17) is 14.5 Å². The van der Waals surface area contributed by atoms with Gasteiger partial charge in [0.25, 0.3) is 0 Å². The molecule has 2 heterocycles. The Hall–Kier alpha value is -3.28. The minimum atomic E-state index is 0.368. The van der Waals surface area contributed by atoms with E-state index < -0.39 is 0 Å². The number of hydrogen-bond donors (Lipinski definition) is 1. The fourth-order valence-electron chi connectivity index (χ4n) is 3.67. The first-order valence-corrected chi connectivity index (χ1v) is 9.87. The molecule has 0 saturated heterocycles. The van der Waals surface area contributed by atoms with Gasteiger partial charge in [-0.05, 0) is 56.2 Å². The number of rotatable bonds is 7. The van der Waals surface area contributed by atoms with Gasteiger partial charge in [0.15, 0.2) is 0 Å². The molecule has 0 saturated carbocycles. The first kappa shape index (κ1) is 19.1. The predicted octanol–water partition coefficient (Wildman–Crippen LogP) is 4.37. The van der Waals surface area contributed by atoms with Crippen LogP contribution in [0.15, 0.2) is 54.6 Å². The fourth-order valence-corrected chi connectivity index (χ4v) is 3.67. The highest BCUT2D eigenvalue weighted by atomic mass is 16.5. The molecule has 1 N–H and O–H groups in total. The van der Waals surface area contributed by atoms with Gasteiger partial charge in [-0.1, -0.05) is 18.2 Å². The molecule has 3 aromatic rings. The second-order valence-corrected chi connectivity index (χ2v) is 7.19. The number of hydrogen-bond acceptors (Lipinski definition) is 6. The SMILES string of the molecule is COc1ccc(OCCNc2nc(C)cc(N3c4ccccc4CC3C)n2)cc1. The van der Waals surface area contributed by atoms with E-state index in [0.29, 0.717) is 25.1 Å². The summed E-state index contributed by atoms with van der Waals surface area (Å²) in [5.74, 6) is 3.17. The zero-order chi connectivity index (χ0) is 20.2. The summed E-state index contributed by atoms with van der Waals surface area (Å²) >= 11 is 0. The zero-order valence-corrected chi connectivity index (χ0v) is 17.1. The van der Waals surface area contributed by atoms with Crippen molar-refractivity contribution < 1.29 is 9.47 Å². The number of nitrogens with zero attached hydrogens (tertiary/aromatic N) is 3. The second-order valence-electron chi connectivity index (χ2n) is 7.19. The van der Waals surface area contributed by atoms with Gasteiger partial charge in [-0.3, -0.25) is 0 Å². The fraction of sp³-hybridized carbons (Fsp3) is 0.304. The van der Waals surface area contributed by atoms with Gasteiger partial charge in [0.1, 0.15) is 23.9 Å². The molecule has 1 aromatic heterocycles. The third-order valence-corrected chi connectivity index (χ3v) is 5.01. The molecule has 29 heavy (non-hydrogen) atoms. The van der Waals surface area contributed by atoms with Crippen molar-refractivity contribution in [1.82, 2.24) is 9.97 Å². The highest BCUT2D eigenvalue weighted by molar-refractivity contribution is 5.69. The molecule has 6 nitrogen and oxygen atoms in total. The maximum atomic E-state index is 5.77. The largest absolute Gasteiger partial charge is 0.497 e. The minimum absolute atomic E-state index is 0.368. The van der Waals surface area contributed by atoms with Gasteiger partial charge in [0.2, 0.25) is 5.95 Å². The first-order chi connectivity index (χ1) is 14.1. The van der Waals surface area contributed by atoms with Crippen LogP contribution in [0.2, 0.25) is 0 Å². The van der Waals surface area contributed by atoms with Gasteiger partial charge in [-0.25, -0.2) is 4.98 Å².